The van der Waals surface area contributed by atoms with Crippen LogP contribution in [-0.4, -0.2) is 29.3 Å². The van der Waals surface area contributed by atoms with Crippen molar-refractivity contribution in [2.24, 2.45) is 5.10 Å². The van der Waals surface area contributed by atoms with Crippen molar-refractivity contribution >= 4 is 39.5 Å². The van der Waals surface area contributed by atoms with Gasteiger partial charge in [-0.25, -0.2) is 4.79 Å². The van der Waals surface area contributed by atoms with Crippen molar-refractivity contribution < 1.29 is 37.5 Å². The summed E-state index contributed by atoms with van der Waals surface area (Å²) in [4.78, 5) is 21.4. The lowest BCUT2D eigenvalue weighted by molar-refractivity contribution is -0.384. The van der Waals surface area contributed by atoms with Crippen LogP contribution in [0.5, 0.6) is 11.5 Å². The predicted molar refractivity (Wildman–Crippen MR) is 128 cm³/mol. The average Bonchev–Trinajstić information content (AvgIpc) is 2.82. The number of rotatable bonds is 9. The number of hydrogen-bond donors (Lipinski definition) is 2. The minimum Gasteiger partial charge on any atom is -0.493 e. The molecule has 36 heavy (non-hydrogen) atoms. The molecule has 9 nitrogen and oxygen atoms in total. The fraction of sp³-hybridized carbons (Fsp3) is 0.130. The van der Waals surface area contributed by atoms with Gasteiger partial charge in [0, 0.05) is 6.07 Å². The molecular formula is C23H17BrF3N3O6. The van der Waals surface area contributed by atoms with Crippen LogP contribution in [0, 0.1) is 10.1 Å². The van der Waals surface area contributed by atoms with Gasteiger partial charge in [-0.1, -0.05) is 12.1 Å². The van der Waals surface area contributed by atoms with E-state index in [0.717, 1.165) is 6.07 Å². The second-order valence-corrected chi connectivity index (χ2v) is 8.04. The number of nitro benzene ring substituents is 1. The maximum absolute atomic E-state index is 12.9. The van der Waals surface area contributed by atoms with E-state index in [9.17, 15) is 28.1 Å². The molecule has 0 aliphatic rings. The molecule has 2 N–H and O–H groups in total. The summed E-state index contributed by atoms with van der Waals surface area (Å²) in [6.45, 7) is 0.0582. The lowest BCUT2D eigenvalue weighted by Gasteiger charge is -2.14. The van der Waals surface area contributed by atoms with Crippen molar-refractivity contribution in [3.8, 4) is 11.5 Å². The average molecular weight is 568 g/mol. The maximum Gasteiger partial charge on any atom is 0.416 e. The molecule has 0 radical (unpaired) electrons. The van der Waals surface area contributed by atoms with E-state index in [-0.39, 0.29) is 17.9 Å². The van der Waals surface area contributed by atoms with Crippen LogP contribution < -0.4 is 14.9 Å². The van der Waals surface area contributed by atoms with Crippen molar-refractivity contribution in [2.45, 2.75) is 12.8 Å². The molecule has 0 aromatic heterocycles. The third kappa shape index (κ3) is 6.50. The number of carbonyl (C=O) groups is 1. The Bertz CT molecular complexity index is 1330. The summed E-state index contributed by atoms with van der Waals surface area (Å²) in [6.07, 6.45) is -3.44. The lowest BCUT2D eigenvalue weighted by Crippen LogP contribution is -2.06. The van der Waals surface area contributed by atoms with Gasteiger partial charge in [0.2, 0.25) is 0 Å². The number of benzene rings is 3. The summed E-state index contributed by atoms with van der Waals surface area (Å²) >= 11 is 3.37. The molecule has 3 aromatic rings. The van der Waals surface area contributed by atoms with Crippen LogP contribution in [0.2, 0.25) is 0 Å². The summed E-state index contributed by atoms with van der Waals surface area (Å²) in [6, 6.07) is 11.5. The highest BCUT2D eigenvalue weighted by molar-refractivity contribution is 9.10. The largest absolute Gasteiger partial charge is 0.493 e. The summed E-state index contributed by atoms with van der Waals surface area (Å²) in [5, 5.41) is 24.2. The number of nitrogens with one attached hydrogen (secondary N) is 1. The van der Waals surface area contributed by atoms with Crippen molar-refractivity contribution in [1.82, 2.24) is 0 Å². The molecule has 0 unspecified atom stereocenters. The van der Waals surface area contributed by atoms with Crippen LogP contribution >= 0.6 is 15.9 Å². The number of ether oxygens (including phenoxy) is 2. The van der Waals surface area contributed by atoms with Gasteiger partial charge < -0.3 is 14.6 Å². The van der Waals surface area contributed by atoms with Crippen LogP contribution in [0.4, 0.5) is 24.5 Å². The second kappa shape index (κ2) is 11.1. The zero-order valence-electron chi connectivity index (χ0n) is 18.4. The monoisotopic (exact) mass is 567 g/mol. The fourth-order valence-corrected chi connectivity index (χ4v) is 3.61. The molecule has 0 atom stereocenters. The Labute approximate surface area is 210 Å². The normalized spacial score (nSPS) is 11.4. The molecule has 0 bridgehead atoms. The lowest BCUT2D eigenvalue weighted by atomic mass is 10.1. The summed E-state index contributed by atoms with van der Waals surface area (Å²) < 4.78 is 50.2. The van der Waals surface area contributed by atoms with Crippen LogP contribution in [0.15, 0.2) is 64.2 Å². The van der Waals surface area contributed by atoms with E-state index < -0.39 is 28.3 Å². The molecule has 0 amide bonds. The first-order valence-electron chi connectivity index (χ1n) is 9.97. The Morgan fingerprint density at radius 3 is 2.61 bits per heavy atom. The quantitative estimate of drug-likeness (QED) is 0.182. The van der Waals surface area contributed by atoms with Gasteiger partial charge in [-0.3, -0.25) is 15.5 Å². The summed E-state index contributed by atoms with van der Waals surface area (Å²) in [5.74, 6) is -0.420. The van der Waals surface area contributed by atoms with Crippen molar-refractivity contribution in [3.05, 3.63) is 91.4 Å². The Morgan fingerprint density at radius 1 is 1.22 bits per heavy atom. The number of hydrogen-bond acceptors (Lipinski definition) is 7. The van der Waals surface area contributed by atoms with Crippen molar-refractivity contribution in [2.75, 3.05) is 12.5 Å². The molecule has 0 fully saturated rings. The topological polar surface area (TPSA) is 123 Å². The van der Waals surface area contributed by atoms with Crippen molar-refractivity contribution in [1.29, 1.82) is 0 Å². The van der Waals surface area contributed by atoms with Gasteiger partial charge in [0.25, 0.3) is 5.69 Å². The van der Waals surface area contributed by atoms with Gasteiger partial charge in [-0.05, 0) is 63.5 Å². The number of carboxylic acid groups (broad SMARTS) is 1. The molecule has 0 saturated carbocycles. The Morgan fingerprint density at radius 2 is 1.97 bits per heavy atom. The van der Waals surface area contributed by atoms with E-state index in [2.05, 4.69) is 26.5 Å². The van der Waals surface area contributed by atoms with E-state index in [1.165, 1.54) is 25.5 Å². The Balaban J connectivity index is 1.77. The van der Waals surface area contributed by atoms with E-state index >= 15 is 0 Å². The maximum atomic E-state index is 12.9. The van der Waals surface area contributed by atoms with Crippen LogP contribution in [0.1, 0.15) is 27.0 Å². The second-order valence-electron chi connectivity index (χ2n) is 7.19. The van der Waals surface area contributed by atoms with Gasteiger partial charge in [-0.15, -0.1) is 0 Å². The molecule has 3 rings (SSSR count). The SMILES string of the molecule is COc1cc(/C=N\Nc2ccc(C(F)(F)F)cc2[N+](=O)[O-])cc(Br)c1OCc1cccc(C(=O)O)c1. The first-order valence-corrected chi connectivity index (χ1v) is 10.8. The number of alkyl halides is 3. The molecule has 0 heterocycles. The van der Waals surface area contributed by atoms with Gasteiger partial charge in [0.1, 0.15) is 12.3 Å². The zero-order chi connectivity index (χ0) is 26.5. The van der Waals surface area contributed by atoms with Gasteiger partial charge in [0.15, 0.2) is 11.5 Å². The highest BCUT2D eigenvalue weighted by Crippen LogP contribution is 2.37. The molecular weight excluding hydrogens is 551 g/mol. The molecule has 0 aliphatic heterocycles. The highest BCUT2D eigenvalue weighted by Gasteiger charge is 2.33. The minimum atomic E-state index is -4.72. The molecule has 3 aromatic carbocycles. The fourth-order valence-electron chi connectivity index (χ4n) is 3.03. The highest BCUT2D eigenvalue weighted by atomic mass is 79.9. The van der Waals surface area contributed by atoms with Gasteiger partial charge in [0.05, 0.1) is 33.8 Å². The van der Waals surface area contributed by atoms with Crippen LogP contribution in [-0.2, 0) is 12.8 Å². The number of nitrogens with zero attached hydrogens (tertiary/aromatic N) is 2. The number of hydrazone groups is 1. The molecule has 0 spiro atoms. The number of carboxylic acids is 1. The molecule has 0 aliphatic carbocycles. The Hall–Kier alpha value is -4.13. The minimum absolute atomic E-state index is 0.0582. The van der Waals surface area contributed by atoms with Crippen molar-refractivity contribution in [3.63, 3.8) is 0 Å². The molecule has 0 saturated heterocycles. The van der Waals surface area contributed by atoms with E-state index in [4.69, 9.17) is 14.6 Å². The van der Waals surface area contributed by atoms with E-state index in [1.54, 1.807) is 24.3 Å². The van der Waals surface area contributed by atoms with E-state index in [0.29, 0.717) is 39.2 Å². The zero-order valence-corrected chi connectivity index (χ0v) is 20.0. The smallest absolute Gasteiger partial charge is 0.416 e. The summed E-state index contributed by atoms with van der Waals surface area (Å²) in [7, 11) is 1.41. The number of nitro groups is 1. The number of halogens is 4. The summed E-state index contributed by atoms with van der Waals surface area (Å²) in [5.41, 5.74) is 1.44. The number of anilines is 1. The first-order chi connectivity index (χ1) is 17.0. The predicted octanol–water partition coefficient (Wildman–Crippen LogP) is 6.11. The van der Waals surface area contributed by atoms with Gasteiger partial charge >= 0.3 is 12.1 Å². The first kappa shape index (κ1) is 26.5. The van der Waals surface area contributed by atoms with Crippen LogP contribution in [0.25, 0.3) is 0 Å². The number of methoxy groups -OCH3 is 1. The van der Waals surface area contributed by atoms with Gasteiger partial charge in [-0.2, -0.15) is 18.3 Å². The third-order valence-corrected chi connectivity index (χ3v) is 5.32. The van der Waals surface area contributed by atoms with Crippen LogP contribution in [0.3, 0.4) is 0 Å². The standard InChI is InChI=1S/C23H17BrF3N3O6/c1-35-20-9-14(8-17(24)21(20)36-12-13-3-2-4-15(7-13)22(31)32)11-28-29-18-6-5-16(23(25,26)27)10-19(18)30(33)34/h2-11,29H,12H2,1H3,(H,31,32)/b28-11-. The Kier molecular flexibility index (Phi) is 8.14. The van der Waals surface area contributed by atoms with E-state index in [1.807, 2.05) is 0 Å². The number of aromatic carboxylic acids is 1. The third-order valence-electron chi connectivity index (χ3n) is 4.73. The molecule has 13 heteroatoms. The molecule has 188 valence electrons.